The molecule has 2 N–H and O–H groups in total. The largest absolute Gasteiger partial charge is 0.496 e. The number of rotatable bonds is 5. The SMILES string of the molecule is COc1ccc(N(C)C(C)CN)c(OC)c1C. The minimum absolute atomic E-state index is 0.261. The molecule has 0 saturated carbocycles. The van der Waals surface area contributed by atoms with Crippen molar-refractivity contribution >= 4 is 5.69 Å². The molecule has 0 aliphatic carbocycles. The lowest BCUT2D eigenvalue weighted by Gasteiger charge is -2.28. The van der Waals surface area contributed by atoms with Crippen molar-refractivity contribution in [3.8, 4) is 11.5 Å². The van der Waals surface area contributed by atoms with Crippen molar-refractivity contribution in [3.63, 3.8) is 0 Å². The van der Waals surface area contributed by atoms with Gasteiger partial charge in [0.05, 0.1) is 19.9 Å². The van der Waals surface area contributed by atoms with Crippen LogP contribution in [0.2, 0.25) is 0 Å². The number of nitrogens with two attached hydrogens (primary N) is 1. The summed E-state index contributed by atoms with van der Waals surface area (Å²) < 4.78 is 10.8. The van der Waals surface area contributed by atoms with Crippen LogP contribution >= 0.6 is 0 Å². The predicted molar refractivity (Wildman–Crippen MR) is 71.2 cm³/mol. The first-order valence-corrected chi connectivity index (χ1v) is 5.71. The molecule has 4 nitrogen and oxygen atoms in total. The second kappa shape index (κ2) is 5.77. The first-order chi connectivity index (χ1) is 8.06. The monoisotopic (exact) mass is 238 g/mol. The highest BCUT2D eigenvalue weighted by Gasteiger charge is 2.17. The van der Waals surface area contributed by atoms with Gasteiger partial charge in [-0.2, -0.15) is 0 Å². The molecule has 0 amide bonds. The molecule has 0 spiro atoms. The molecular weight excluding hydrogens is 216 g/mol. The van der Waals surface area contributed by atoms with E-state index >= 15 is 0 Å². The Hall–Kier alpha value is -1.42. The van der Waals surface area contributed by atoms with Crippen molar-refractivity contribution in [2.24, 2.45) is 5.73 Å². The zero-order chi connectivity index (χ0) is 13.0. The molecule has 1 unspecified atom stereocenters. The van der Waals surface area contributed by atoms with Gasteiger partial charge in [-0.3, -0.25) is 0 Å². The quantitative estimate of drug-likeness (QED) is 0.849. The van der Waals surface area contributed by atoms with Gasteiger partial charge in [-0.1, -0.05) is 0 Å². The Morgan fingerprint density at radius 3 is 2.41 bits per heavy atom. The average Bonchev–Trinajstić information content (AvgIpc) is 2.36. The van der Waals surface area contributed by atoms with Crippen LogP contribution in [0.3, 0.4) is 0 Å². The van der Waals surface area contributed by atoms with Crippen molar-refractivity contribution in [2.75, 3.05) is 32.7 Å². The Morgan fingerprint density at radius 1 is 1.29 bits per heavy atom. The molecule has 17 heavy (non-hydrogen) atoms. The maximum Gasteiger partial charge on any atom is 0.148 e. The third-order valence-electron chi connectivity index (χ3n) is 3.14. The third kappa shape index (κ3) is 2.64. The Bertz CT molecular complexity index is 380. The van der Waals surface area contributed by atoms with E-state index in [1.807, 2.05) is 26.1 Å². The number of hydrogen-bond donors (Lipinski definition) is 1. The molecule has 96 valence electrons. The summed E-state index contributed by atoms with van der Waals surface area (Å²) in [4.78, 5) is 2.12. The number of likely N-dealkylation sites (N-methyl/N-ethyl adjacent to an activating group) is 1. The minimum Gasteiger partial charge on any atom is -0.496 e. The number of methoxy groups -OCH3 is 2. The number of hydrogen-bond acceptors (Lipinski definition) is 4. The van der Waals surface area contributed by atoms with Crippen molar-refractivity contribution in [3.05, 3.63) is 17.7 Å². The molecule has 0 saturated heterocycles. The molecule has 0 aromatic heterocycles. The summed E-state index contributed by atoms with van der Waals surface area (Å²) in [5.74, 6) is 1.67. The molecule has 4 heteroatoms. The van der Waals surface area contributed by atoms with Crippen LogP contribution in [0.1, 0.15) is 12.5 Å². The van der Waals surface area contributed by atoms with Gasteiger partial charge in [-0.15, -0.1) is 0 Å². The van der Waals surface area contributed by atoms with Gasteiger partial charge in [-0.05, 0) is 26.0 Å². The first-order valence-electron chi connectivity index (χ1n) is 5.71. The zero-order valence-electron chi connectivity index (χ0n) is 11.3. The van der Waals surface area contributed by atoms with Crippen LogP contribution in [0.15, 0.2) is 12.1 Å². The number of nitrogens with zero attached hydrogens (tertiary/aromatic N) is 1. The van der Waals surface area contributed by atoms with Crippen LogP contribution in [0.4, 0.5) is 5.69 Å². The molecule has 0 aliphatic heterocycles. The van der Waals surface area contributed by atoms with Gasteiger partial charge in [0.25, 0.3) is 0 Å². The van der Waals surface area contributed by atoms with Crippen molar-refractivity contribution < 1.29 is 9.47 Å². The van der Waals surface area contributed by atoms with Crippen LogP contribution < -0.4 is 20.1 Å². The smallest absolute Gasteiger partial charge is 0.148 e. The van der Waals surface area contributed by atoms with Gasteiger partial charge in [0.2, 0.25) is 0 Å². The summed E-state index contributed by atoms with van der Waals surface area (Å²) in [6, 6.07) is 4.21. The standard InChI is InChI=1S/C13H22N2O2/c1-9(8-14)15(3)11-6-7-12(16-4)10(2)13(11)17-5/h6-7,9H,8,14H2,1-5H3. The van der Waals surface area contributed by atoms with E-state index in [1.165, 1.54) is 0 Å². The summed E-state index contributed by atoms with van der Waals surface area (Å²) >= 11 is 0. The Kier molecular flexibility index (Phi) is 4.63. The van der Waals surface area contributed by atoms with Crippen LogP contribution in [0.5, 0.6) is 11.5 Å². The molecule has 0 fully saturated rings. The van der Waals surface area contributed by atoms with Crippen LogP contribution in [-0.4, -0.2) is 33.9 Å². The van der Waals surface area contributed by atoms with Crippen LogP contribution in [0.25, 0.3) is 0 Å². The summed E-state index contributed by atoms with van der Waals surface area (Å²) in [5, 5.41) is 0. The minimum atomic E-state index is 0.261. The molecular formula is C13H22N2O2. The first kappa shape index (κ1) is 13.6. The lowest BCUT2D eigenvalue weighted by Crippen LogP contribution is -2.35. The summed E-state index contributed by atoms with van der Waals surface area (Å²) in [6.07, 6.45) is 0. The average molecular weight is 238 g/mol. The summed E-state index contributed by atoms with van der Waals surface area (Å²) in [6.45, 7) is 4.67. The second-order valence-corrected chi connectivity index (χ2v) is 4.14. The normalized spacial score (nSPS) is 12.1. The van der Waals surface area contributed by atoms with Gasteiger partial charge in [0.1, 0.15) is 11.5 Å². The molecule has 1 rings (SSSR count). The van der Waals surface area contributed by atoms with E-state index in [4.69, 9.17) is 15.2 Å². The summed E-state index contributed by atoms with van der Waals surface area (Å²) in [5.41, 5.74) is 7.72. The highest BCUT2D eigenvalue weighted by atomic mass is 16.5. The Labute approximate surface area is 103 Å². The second-order valence-electron chi connectivity index (χ2n) is 4.14. The number of ether oxygens (including phenoxy) is 2. The lowest BCUT2D eigenvalue weighted by molar-refractivity contribution is 0.388. The van der Waals surface area contributed by atoms with E-state index in [0.29, 0.717) is 6.54 Å². The fraction of sp³-hybridized carbons (Fsp3) is 0.538. The summed E-state index contributed by atoms with van der Waals surface area (Å²) in [7, 11) is 5.35. The van der Waals surface area contributed by atoms with Crippen molar-refractivity contribution in [2.45, 2.75) is 19.9 Å². The maximum atomic E-state index is 5.69. The van der Waals surface area contributed by atoms with Gasteiger partial charge in [0.15, 0.2) is 0 Å². The van der Waals surface area contributed by atoms with Crippen LogP contribution in [-0.2, 0) is 0 Å². The highest BCUT2D eigenvalue weighted by Crippen LogP contribution is 2.37. The fourth-order valence-electron chi connectivity index (χ4n) is 1.81. The van der Waals surface area contributed by atoms with E-state index in [1.54, 1.807) is 14.2 Å². The van der Waals surface area contributed by atoms with E-state index < -0.39 is 0 Å². The molecule has 0 aliphatic rings. The highest BCUT2D eigenvalue weighted by molar-refractivity contribution is 5.65. The molecule has 0 bridgehead atoms. The van der Waals surface area contributed by atoms with Crippen molar-refractivity contribution in [1.29, 1.82) is 0 Å². The predicted octanol–water partition coefficient (Wildman–Crippen LogP) is 1.80. The molecule has 1 atom stereocenters. The van der Waals surface area contributed by atoms with Gasteiger partial charge < -0.3 is 20.1 Å². The topological polar surface area (TPSA) is 47.7 Å². The lowest BCUT2D eigenvalue weighted by atomic mass is 10.1. The Morgan fingerprint density at radius 2 is 1.94 bits per heavy atom. The maximum absolute atomic E-state index is 5.69. The van der Waals surface area contributed by atoms with Crippen molar-refractivity contribution in [1.82, 2.24) is 0 Å². The molecule has 0 radical (unpaired) electrons. The van der Waals surface area contributed by atoms with Gasteiger partial charge >= 0.3 is 0 Å². The zero-order valence-corrected chi connectivity index (χ0v) is 11.3. The molecule has 1 aromatic carbocycles. The van der Waals surface area contributed by atoms with Gasteiger partial charge in [-0.25, -0.2) is 0 Å². The van der Waals surface area contributed by atoms with E-state index in [-0.39, 0.29) is 6.04 Å². The van der Waals surface area contributed by atoms with E-state index in [2.05, 4.69) is 11.8 Å². The third-order valence-corrected chi connectivity index (χ3v) is 3.14. The molecule has 1 aromatic rings. The Balaban J connectivity index is 3.20. The fourth-order valence-corrected chi connectivity index (χ4v) is 1.81. The molecule has 0 heterocycles. The number of anilines is 1. The number of benzene rings is 1. The van der Waals surface area contributed by atoms with E-state index in [0.717, 1.165) is 22.7 Å². The van der Waals surface area contributed by atoms with E-state index in [9.17, 15) is 0 Å². The van der Waals surface area contributed by atoms with Gasteiger partial charge in [0, 0.05) is 25.2 Å². The van der Waals surface area contributed by atoms with Crippen LogP contribution in [0, 0.1) is 6.92 Å².